The van der Waals surface area contributed by atoms with Gasteiger partial charge in [0, 0.05) is 37.2 Å². The lowest BCUT2D eigenvalue weighted by Gasteiger charge is -2.36. The van der Waals surface area contributed by atoms with Crippen molar-refractivity contribution >= 4 is 14.1 Å². The van der Waals surface area contributed by atoms with E-state index in [1.807, 2.05) is 17.2 Å². The van der Waals surface area contributed by atoms with Crippen LogP contribution in [-0.4, -0.2) is 18.3 Å². The van der Waals surface area contributed by atoms with Crippen LogP contribution in [0.25, 0.3) is 0 Å². The SMILES string of the molecule is CC(C)(C)[Si](C)(C)OCc1ccnc(N2Cc3ccncc3C2)c1F. The average Bonchev–Trinajstić information content (AvgIpc) is 2.96. The van der Waals surface area contributed by atoms with E-state index in [0.717, 1.165) is 5.56 Å². The van der Waals surface area contributed by atoms with Crippen LogP contribution < -0.4 is 4.90 Å². The Bertz CT molecular complexity index is 749. The smallest absolute Gasteiger partial charge is 0.192 e. The highest BCUT2D eigenvalue weighted by Gasteiger charge is 2.37. The van der Waals surface area contributed by atoms with E-state index >= 15 is 4.39 Å². The molecule has 0 spiro atoms. The number of fused-ring (bicyclic) bond motifs is 1. The summed E-state index contributed by atoms with van der Waals surface area (Å²) in [6.45, 7) is 12.5. The van der Waals surface area contributed by atoms with Gasteiger partial charge in [-0.25, -0.2) is 9.37 Å². The van der Waals surface area contributed by atoms with Gasteiger partial charge in [0.05, 0.1) is 6.61 Å². The minimum Gasteiger partial charge on any atom is -0.412 e. The molecule has 0 radical (unpaired) electrons. The Morgan fingerprint density at radius 2 is 1.88 bits per heavy atom. The van der Waals surface area contributed by atoms with Gasteiger partial charge >= 0.3 is 0 Å². The molecule has 6 heteroatoms. The molecule has 0 N–H and O–H groups in total. The molecule has 25 heavy (non-hydrogen) atoms. The van der Waals surface area contributed by atoms with Crippen LogP contribution in [0.15, 0.2) is 30.7 Å². The Morgan fingerprint density at radius 1 is 1.16 bits per heavy atom. The number of rotatable bonds is 4. The van der Waals surface area contributed by atoms with Crippen LogP contribution in [0.3, 0.4) is 0 Å². The summed E-state index contributed by atoms with van der Waals surface area (Å²) in [5, 5.41) is 0.100. The summed E-state index contributed by atoms with van der Waals surface area (Å²) in [7, 11) is -1.92. The normalized spacial score (nSPS) is 14.7. The van der Waals surface area contributed by atoms with Gasteiger partial charge in [-0.15, -0.1) is 0 Å². The molecular formula is C19H26FN3OSi. The predicted molar refractivity (Wildman–Crippen MR) is 100 cm³/mol. The number of pyridine rings is 2. The lowest BCUT2D eigenvalue weighted by atomic mass is 10.2. The van der Waals surface area contributed by atoms with Crippen LogP contribution in [0.2, 0.25) is 18.1 Å². The van der Waals surface area contributed by atoms with Crippen LogP contribution in [0.5, 0.6) is 0 Å². The maximum absolute atomic E-state index is 15.0. The molecular weight excluding hydrogens is 333 g/mol. The maximum Gasteiger partial charge on any atom is 0.192 e. The minimum atomic E-state index is -1.92. The van der Waals surface area contributed by atoms with Crippen LogP contribution in [0.4, 0.5) is 10.2 Å². The summed E-state index contributed by atoms with van der Waals surface area (Å²) < 4.78 is 21.2. The molecule has 0 fully saturated rings. The predicted octanol–water partition coefficient (Wildman–Crippen LogP) is 4.66. The zero-order chi connectivity index (χ0) is 18.2. The third-order valence-electron chi connectivity index (χ3n) is 5.37. The van der Waals surface area contributed by atoms with E-state index in [1.54, 1.807) is 18.5 Å². The zero-order valence-electron chi connectivity index (χ0n) is 15.6. The number of halogens is 1. The first-order valence-corrected chi connectivity index (χ1v) is 11.5. The zero-order valence-corrected chi connectivity index (χ0v) is 16.6. The largest absolute Gasteiger partial charge is 0.412 e. The molecule has 1 aliphatic heterocycles. The summed E-state index contributed by atoms with van der Waals surface area (Å²) >= 11 is 0. The van der Waals surface area contributed by atoms with E-state index < -0.39 is 8.32 Å². The van der Waals surface area contributed by atoms with Crippen LogP contribution in [0.1, 0.15) is 37.5 Å². The van der Waals surface area contributed by atoms with Crippen molar-refractivity contribution < 1.29 is 8.82 Å². The molecule has 2 aromatic rings. The van der Waals surface area contributed by atoms with E-state index in [0.29, 0.717) is 31.1 Å². The van der Waals surface area contributed by atoms with E-state index in [1.165, 1.54) is 5.56 Å². The third-order valence-corrected chi connectivity index (χ3v) is 9.85. The number of aromatic nitrogens is 2. The summed E-state index contributed by atoms with van der Waals surface area (Å²) in [5.74, 6) is 0.120. The lowest BCUT2D eigenvalue weighted by Crippen LogP contribution is -2.40. The summed E-state index contributed by atoms with van der Waals surface area (Å²) in [6.07, 6.45) is 5.29. The highest BCUT2D eigenvalue weighted by Crippen LogP contribution is 2.37. The molecule has 0 amide bonds. The van der Waals surface area contributed by atoms with Gasteiger partial charge in [-0.2, -0.15) is 0 Å². The monoisotopic (exact) mass is 359 g/mol. The molecule has 1 aliphatic rings. The second-order valence-corrected chi connectivity index (χ2v) is 13.0. The first kappa shape index (κ1) is 18.0. The maximum atomic E-state index is 15.0. The van der Waals surface area contributed by atoms with Crippen LogP contribution in [-0.2, 0) is 24.1 Å². The first-order chi connectivity index (χ1) is 11.7. The molecule has 134 valence electrons. The fourth-order valence-corrected chi connectivity index (χ4v) is 3.60. The Hall–Kier alpha value is -1.79. The molecule has 0 saturated carbocycles. The first-order valence-electron chi connectivity index (χ1n) is 8.63. The quantitative estimate of drug-likeness (QED) is 0.744. The number of hydrogen-bond donors (Lipinski definition) is 0. The van der Waals surface area contributed by atoms with Crippen molar-refractivity contribution in [1.29, 1.82) is 0 Å². The Kier molecular flexibility index (Phi) is 4.68. The van der Waals surface area contributed by atoms with Gasteiger partial charge in [-0.1, -0.05) is 20.8 Å². The molecule has 4 nitrogen and oxygen atoms in total. The number of hydrogen-bond acceptors (Lipinski definition) is 4. The molecule has 0 aliphatic carbocycles. The fourth-order valence-electron chi connectivity index (χ4n) is 2.65. The van der Waals surface area contributed by atoms with Gasteiger partial charge in [0.1, 0.15) is 0 Å². The van der Waals surface area contributed by atoms with E-state index in [9.17, 15) is 0 Å². The standard InChI is InChI=1S/C19H26FN3OSi/c1-19(2,3)25(4,5)24-13-15-7-9-22-18(17(15)20)23-11-14-6-8-21-10-16(14)12-23/h6-10H,11-13H2,1-5H3. The van der Waals surface area contributed by atoms with Gasteiger partial charge in [0.2, 0.25) is 0 Å². The molecule has 0 unspecified atom stereocenters. The van der Waals surface area contributed by atoms with Crippen molar-refractivity contribution in [3.8, 4) is 0 Å². The van der Waals surface area contributed by atoms with Crippen molar-refractivity contribution in [2.45, 2.75) is 58.6 Å². The molecule has 0 saturated heterocycles. The van der Waals surface area contributed by atoms with Gasteiger partial charge in [0.15, 0.2) is 20.0 Å². The molecule has 3 heterocycles. The topological polar surface area (TPSA) is 38.2 Å². The van der Waals surface area contributed by atoms with Crippen molar-refractivity contribution in [3.63, 3.8) is 0 Å². The average molecular weight is 360 g/mol. The molecule has 0 bridgehead atoms. The highest BCUT2D eigenvalue weighted by atomic mass is 28.4. The van der Waals surface area contributed by atoms with E-state index in [2.05, 4.69) is 43.8 Å². The lowest BCUT2D eigenvalue weighted by molar-refractivity contribution is 0.271. The fraction of sp³-hybridized carbons (Fsp3) is 0.474. The summed E-state index contributed by atoms with van der Waals surface area (Å²) in [4.78, 5) is 10.4. The second kappa shape index (κ2) is 6.50. The van der Waals surface area contributed by atoms with Crippen molar-refractivity contribution in [2.24, 2.45) is 0 Å². The van der Waals surface area contributed by atoms with Crippen molar-refractivity contribution in [2.75, 3.05) is 4.90 Å². The van der Waals surface area contributed by atoms with E-state index in [-0.39, 0.29) is 10.9 Å². The molecule has 0 aromatic carbocycles. The van der Waals surface area contributed by atoms with Gasteiger partial charge < -0.3 is 9.33 Å². The number of nitrogens with zero attached hydrogens (tertiary/aromatic N) is 3. The molecule has 0 atom stereocenters. The van der Waals surface area contributed by atoms with Crippen molar-refractivity contribution in [3.05, 3.63) is 53.2 Å². The van der Waals surface area contributed by atoms with Gasteiger partial charge in [-0.3, -0.25) is 4.98 Å². The van der Waals surface area contributed by atoms with Crippen LogP contribution >= 0.6 is 0 Å². The molecule has 2 aromatic heterocycles. The second-order valence-electron chi connectivity index (χ2n) is 8.16. The van der Waals surface area contributed by atoms with Crippen LogP contribution in [0, 0.1) is 5.82 Å². The number of anilines is 1. The Labute approximate surface area is 150 Å². The van der Waals surface area contributed by atoms with Crippen molar-refractivity contribution in [1.82, 2.24) is 9.97 Å². The minimum absolute atomic E-state index is 0.100. The highest BCUT2D eigenvalue weighted by molar-refractivity contribution is 6.74. The summed E-state index contributed by atoms with van der Waals surface area (Å²) in [5.41, 5.74) is 2.88. The Balaban J connectivity index is 1.78. The molecule has 3 rings (SSSR count). The summed E-state index contributed by atoms with van der Waals surface area (Å²) in [6, 6.07) is 3.70. The third kappa shape index (κ3) is 3.60. The van der Waals surface area contributed by atoms with Gasteiger partial charge in [0.25, 0.3) is 0 Å². The Morgan fingerprint density at radius 3 is 2.56 bits per heavy atom. The van der Waals surface area contributed by atoms with E-state index in [4.69, 9.17) is 4.43 Å². The van der Waals surface area contributed by atoms with Gasteiger partial charge in [-0.05, 0) is 41.4 Å².